The number of ether oxygens (including phenoxy) is 2. The normalized spacial score (nSPS) is 37.5. The molecule has 49 heavy (non-hydrogen) atoms. The Morgan fingerprint density at radius 3 is 2.35 bits per heavy atom. The van der Waals surface area contributed by atoms with Crippen LogP contribution in [0.1, 0.15) is 105 Å². The largest absolute Gasteiger partial charge is 0.458 e. The molecule has 3 unspecified atom stereocenters. The molecule has 4 fully saturated rings. The maximum Gasteiger partial charge on any atom is 0.339 e. The van der Waals surface area contributed by atoms with Crippen LogP contribution in [-0.4, -0.2) is 52.2 Å². The van der Waals surface area contributed by atoms with Crippen LogP contribution in [0.2, 0.25) is 0 Å². The Kier molecular flexibility index (Phi) is 10.7. The van der Waals surface area contributed by atoms with Crippen LogP contribution in [0.25, 0.3) is 0 Å². The quantitative estimate of drug-likeness (QED) is 0.0670. The summed E-state index contributed by atoms with van der Waals surface area (Å²) >= 11 is 0. The standard InChI is InChI=1S/C39H55NO9/c1-23(2)9-8-10-28(36(44)49-27-13-11-26(12-14-27)17-20-47-40(45)46)34-30-21-32(43)35-37(5)18-16-31(42)24(3)29(37)15-19-38(35,6)39(30,7)22-33(34)48-25(4)41/h9,11-14,24,29-33,35,42-43H,8,10,15-22H2,1-7H3/b34-28-/t24-,29?,30?,31+,32+,33-,35?,37-,38-,39-/m0/s1. The Balaban J connectivity index is 1.53. The highest BCUT2D eigenvalue weighted by atomic mass is 16.9. The van der Waals surface area contributed by atoms with E-state index in [1.165, 1.54) is 6.92 Å². The second kappa shape index (κ2) is 14.2. The molecule has 270 valence electrons. The number of carbonyl (C=O) groups excluding carboxylic acids is 2. The van der Waals surface area contributed by atoms with Crippen molar-refractivity contribution < 1.29 is 39.2 Å². The van der Waals surface area contributed by atoms with Gasteiger partial charge in [-0.05, 0) is 135 Å². The van der Waals surface area contributed by atoms with E-state index in [2.05, 4.69) is 38.6 Å². The van der Waals surface area contributed by atoms with Crippen LogP contribution in [0.15, 0.2) is 47.1 Å². The lowest BCUT2D eigenvalue weighted by molar-refractivity contribution is -0.757. The molecule has 0 amide bonds. The predicted octanol–water partition coefficient (Wildman–Crippen LogP) is 6.94. The molecule has 2 N–H and O–H groups in total. The summed E-state index contributed by atoms with van der Waals surface area (Å²) in [6, 6.07) is 6.82. The summed E-state index contributed by atoms with van der Waals surface area (Å²) in [4.78, 5) is 41.8. The zero-order valence-corrected chi connectivity index (χ0v) is 30.2. The first-order chi connectivity index (χ1) is 23.0. The van der Waals surface area contributed by atoms with Gasteiger partial charge < -0.3 is 24.5 Å². The van der Waals surface area contributed by atoms with Gasteiger partial charge in [-0.3, -0.25) is 4.79 Å². The van der Waals surface area contributed by atoms with Gasteiger partial charge in [0.15, 0.2) is 0 Å². The second-order valence-electron chi connectivity index (χ2n) is 16.2. The number of rotatable bonds is 10. The van der Waals surface area contributed by atoms with Gasteiger partial charge in [-0.15, -0.1) is 10.1 Å². The number of aliphatic hydroxyl groups is 2. The molecule has 4 saturated carbocycles. The van der Waals surface area contributed by atoms with E-state index in [1.54, 1.807) is 24.3 Å². The van der Waals surface area contributed by atoms with Crippen LogP contribution in [0.4, 0.5) is 0 Å². The first kappa shape index (κ1) is 37.0. The van der Waals surface area contributed by atoms with Gasteiger partial charge in [-0.1, -0.05) is 51.5 Å². The molecule has 5 rings (SSSR count). The van der Waals surface area contributed by atoms with Crippen molar-refractivity contribution in [2.24, 2.45) is 39.9 Å². The van der Waals surface area contributed by atoms with Gasteiger partial charge >= 0.3 is 11.9 Å². The smallest absolute Gasteiger partial charge is 0.339 e. The van der Waals surface area contributed by atoms with Crippen molar-refractivity contribution in [3.8, 4) is 5.75 Å². The number of carbonyl (C=O) groups is 2. The molecule has 0 heterocycles. The number of esters is 2. The third-order valence-corrected chi connectivity index (χ3v) is 13.3. The van der Waals surface area contributed by atoms with Crippen molar-refractivity contribution in [1.29, 1.82) is 0 Å². The van der Waals surface area contributed by atoms with Crippen LogP contribution >= 0.6 is 0 Å². The minimum Gasteiger partial charge on any atom is -0.458 e. The Hall–Kier alpha value is -3.24. The monoisotopic (exact) mass is 681 g/mol. The highest BCUT2D eigenvalue weighted by Crippen LogP contribution is 2.74. The fourth-order valence-electron chi connectivity index (χ4n) is 10.9. The summed E-state index contributed by atoms with van der Waals surface area (Å²) in [5, 5.41) is 32.7. The molecule has 10 nitrogen and oxygen atoms in total. The summed E-state index contributed by atoms with van der Waals surface area (Å²) in [6.07, 6.45) is 6.30. The molecular weight excluding hydrogens is 626 g/mol. The Morgan fingerprint density at radius 2 is 1.71 bits per heavy atom. The summed E-state index contributed by atoms with van der Waals surface area (Å²) < 4.78 is 12.1. The van der Waals surface area contributed by atoms with E-state index >= 15 is 0 Å². The SMILES string of the molecule is CC(=O)O[C@H]1C[C@@]2(C)C(C[C@@H](O)C3[C@@]4(C)CC[C@@H](O)[C@@H](C)C4CC[C@@]32C)/C1=C(\CCC=C(C)C)C(=O)Oc1ccc(CCO[N+](=O)[O-])cc1. The lowest BCUT2D eigenvalue weighted by Gasteiger charge is -2.69. The van der Waals surface area contributed by atoms with E-state index in [0.717, 1.165) is 42.4 Å². The third kappa shape index (κ3) is 6.92. The maximum atomic E-state index is 14.2. The highest BCUT2D eigenvalue weighted by molar-refractivity contribution is 5.91. The minimum absolute atomic E-state index is 0.00243. The van der Waals surface area contributed by atoms with Crippen LogP contribution in [-0.2, 0) is 25.6 Å². The fourth-order valence-corrected chi connectivity index (χ4v) is 10.9. The van der Waals surface area contributed by atoms with Crippen molar-refractivity contribution in [3.63, 3.8) is 0 Å². The lowest BCUT2D eigenvalue weighted by atomic mass is 9.36. The average Bonchev–Trinajstić information content (AvgIpc) is 3.29. The van der Waals surface area contributed by atoms with Gasteiger partial charge in [0.2, 0.25) is 0 Å². The number of nitrogens with zero attached hydrogens (tertiary/aromatic N) is 1. The van der Waals surface area contributed by atoms with E-state index in [4.69, 9.17) is 9.47 Å². The minimum atomic E-state index is -0.823. The summed E-state index contributed by atoms with van der Waals surface area (Å²) in [5.41, 5.74) is 2.38. The molecule has 0 radical (unpaired) electrons. The summed E-state index contributed by atoms with van der Waals surface area (Å²) in [6.45, 7) is 14.4. The molecule has 0 aliphatic heterocycles. The first-order valence-electron chi connectivity index (χ1n) is 18.0. The number of hydrogen-bond acceptors (Lipinski definition) is 9. The van der Waals surface area contributed by atoms with E-state index in [1.807, 2.05) is 13.8 Å². The predicted molar refractivity (Wildman–Crippen MR) is 184 cm³/mol. The molecule has 0 saturated heterocycles. The molecule has 4 aliphatic rings. The molecule has 0 bridgehead atoms. The van der Waals surface area contributed by atoms with E-state index in [0.29, 0.717) is 49.3 Å². The molecule has 4 aliphatic carbocycles. The number of hydrogen-bond donors (Lipinski definition) is 2. The van der Waals surface area contributed by atoms with Gasteiger partial charge in [0, 0.05) is 12.5 Å². The van der Waals surface area contributed by atoms with Crippen molar-refractivity contribution in [3.05, 3.63) is 62.7 Å². The van der Waals surface area contributed by atoms with Gasteiger partial charge in [0.25, 0.3) is 5.09 Å². The Morgan fingerprint density at radius 1 is 1.02 bits per heavy atom. The Labute approximate surface area is 290 Å². The van der Waals surface area contributed by atoms with E-state index in [9.17, 15) is 29.9 Å². The molecule has 0 spiro atoms. The highest BCUT2D eigenvalue weighted by Gasteiger charge is 2.70. The van der Waals surface area contributed by atoms with Gasteiger partial charge in [0.05, 0.1) is 12.2 Å². The maximum absolute atomic E-state index is 14.2. The van der Waals surface area contributed by atoms with Crippen molar-refractivity contribution in [2.45, 2.75) is 125 Å². The molecule has 1 aromatic carbocycles. The van der Waals surface area contributed by atoms with Crippen LogP contribution < -0.4 is 4.74 Å². The lowest BCUT2D eigenvalue weighted by Crippen LogP contribution is -2.65. The van der Waals surface area contributed by atoms with Crippen molar-refractivity contribution in [1.82, 2.24) is 0 Å². The molecule has 10 atom stereocenters. The molecule has 1 aromatic rings. The number of benzene rings is 1. The molecule has 10 heteroatoms. The third-order valence-electron chi connectivity index (χ3n) is 13.3. The van der Waals surface area contributed by atoms with E-state index < -0.39 is 29.2 Å². The van der Waals surface area contributed by atoms with Crippen LogP contribution in [0.3, 0.4) is 0 Å². The van der Waals surface area contributed by atoms with Crippen LogP contribution in [0, 0.1) is 50.0 Å². The van der Waals surface area contributed by atoms with Crippen molar-refractivity contribution in [2.75, 3.05) is 6.61 Å². The summed E-state index contributed by atoms with van der Waals surface area (Å²) in [5.74, 6) is -0.299. The van der Waals surface area contributed by atoms with Gasteiger partial charge in [0.1, 0.15) is 18.5 Å². The molecule has 0 aromatic heterocycles. The number of fused-ring (bicyclic) bond motifs is 5. The molecular formula is C39H55NO9. The zero-order chi connectivity index (χ0) is 35.9. The number of allylic oxidation sites excluding steroid dienone is 2. The van der Waals surface area contributed by atoms with Crippen LogP contribution in [0.5, 0.6) is 5.75 Å². The topological polar surface area (TPSA) is 145 Å². The second-order valence-corrected chi connectivity index (χ2v) is 16.2. The van der Waals surface area contributed by atoms with Gasteiger partial charge in [-0.25, -0.2) is 4.79 Å². The van der Waals surface area contributed by atoms with Crippen molar-refractivity contribution >= 4 is 11.9 Å². The average molecular weight is 682 g/mol. The van der Waals surface area contributed by atoms with Gasteiger partial charge in [-0.2, -0.15) is 0 Å². The fraction of sp³-hybridized carbons (Fsp3) is 0.692. The Bertz CT molecular complexity index is 1480. The van der Waals surface area contributed by atoms with E-state index in [-0.39, 0.29) is 46.7 Å². The summed E-state index contributed by atoms with van der Waals surface area (Å²) in [7, 11) is 0. The number of aliphatic hydroxyl groups excluding tert-OH is 2. The zero-order valence-electron chi connectivity index (χ0n) is 30.2. The first-order valence-corrected chi connectivity index (χ1v) is 18.0.